The maximum Gasteiger partial charge on any atom is 0.241 e. The Labute approximate surface area is 140 Å². The standard InChI is InChI=1S/C16H22FN7/c1-22-6-4-16(9-22)5-7-23(10-16)13-3-2-11(8-12(13)17)24-15(19)20-14(18)21-24/h2-3,8H,4-7,9-10H2,1H3,(H4,18,19,20,21). The largest absolute Gasteiger partial charge is 0.369 e. The van der Waals surface area contributed by atoms with Gasteiger partial charge in [0.15, 0.2) is 0 Å². The van der Waals surface area contributed by atoms with Crippen molar-refractivity contribution in [2.24, 2.45) is 5.41 Å². The Kier molecular flexibility index (Phi) is 3.38. The van der Waals surface area contributed by atoms with Crippen LogP contribution in [0.2, 0.25) is 0 Å². The SMILES string of the molecule is CN1CCC2(CCN(c3ccc(-n4nc(N)nc4N)cc3F)C2)C1. The van der Waals surface area contributed by atoms with Crippen LogP contribution in [0.4, 0.5) is 22.0 Å². The van der Waals surface area contributed by atoms with E-state index in [0.717, 1.165) is 32.6 Å². The second kappa shape index (κ2) is 5.34. The molecule has 4 N–H and O–H groups in total. The Balaban J connectivity index is 1.58. The molecule has 4 rings (SSSR count). The highest BCUT2D eigenvalue weighted by Gasteiger charge is 2.42. The van der Waals surface area contributed by atoms with Crippen molar-refractivity contribution in [1.82, 2.24) is 19.7 Å². The van der Waals surface area contributed by atoms with E-state index < -0.39 is 0 Å². The van der Waals surface area contributed by atoms with Gasteiger partial charge < -0.3 is 21.3 Å². The maximum absolute atomic E-state index is 14.7. The summed E-state index contributed by atoms with van der Waals surface area (Å²) in [5.41, 5.74) is 12.7. The number of halogens is 1. The van der Waals surface area contributed by atoms with E-state index in [2.05, 4.69) is 26.9 Å². The van der Waals surface area contributed by atoms with Crippen molar-refractivity contribution >= 4 is 17.6 Å². The summed E-state index contributed by atoms with van der Waals surface area (Å²) >= 11 is 0. The van der Waals surface area contributed by atoms with Gasteiger partial charge in [-0.3, -0.25) is 0 Å². The van der Waals surface area contributed by atoms with E-state index in [1.807, 2.05) is 0 Å². The molecule has 1 unspecified atom stereocenters. The molecule has 8 heteroatoms. The van der Waals surface area contributed by atoms with Gasteiger partial charge in [-0.05, 0) is 38.6 Å². The first-order chi connectivity index (χ1) is 11.5. The Hall–Kier alpha value is -2.35. The third-order valence-corrected chi connectivity index (χ3v) is 5.23. The zero-order chi connectivity index (χ0) is 16.9. The second-order valence-electron chi connectivity index (χ2n) is 7.04. The number of anilines is 3. The van der Waals surface area contributed by atoms with Gasteiger partial charge in [-0.25, -0.2) is 4.39 Å². The van der Waals surface area contributed by atoms with Crippen molar-refractivity contribution in [3.63, 3.8) is 0 Å². The van der Waals surface area contributed by atoms with Gasteiger partial charge in [0.25, 0.3) is 0 Å². The van der Waals surface area contributed by atoms with Gasteiger partial charge in [-0.2, -0.15) is 9.67 Å². The molecule has 0 bridgehead atoms. The highest BCUT2D eigenvalue weighted by molar-refractivity contribution is 5.54. The minimum absolute atomic E-state index is 0.0730. The summed E-state index contributed by atoms with van der Waals surface area (Å²) in [7, 11) is 2.15. The maximum atomic E-state index is 14.7. The molecular formula is C16H22FN7. The van der Waals surface area contributed by atoms with Crippen molar-refractivity contribution in [1.29, 1.82) is 0 Å². The van der Waals surface area contributed by atoms with Crippen molar-refractivity contribution in [2.45, 2.75) is 12.8 Å². The van der Waals surface area contributed by atoms with Crippen LogP contribution < -0.4 is 16.4 Å². The third kappa shape index (κ3) is 2.47. The number of aromatic nitrogens is 3. The molecule has 0 saturated carbocycles. The molecule has 1 aromatic carbocycles. The monoisotopic (exact) mass is 331 g/mol. The number of nitrogens with zero attached hydrogens (tertiary/aromatic N) is 5. The summed E-state index contributed by atoms with van der Waals surface area (Å²) in [5, 5.41) is 3.99. The van der Waals surface area contributed by atoms with Gasteiger partial charge in [0.1, 0.15) is 5.82 Å². The summed E-state index contributed by atoms with van der Waals surface area (Å²) in [5.74, 6) is -0.0537. The first kappa shape index (κ1) is 15.2. The third-order valence-electron chi connectivity index (χ3n) is 5.23. The van der Waals surface area contributed by atoms with Crippen molar-refractivity contribution in [2.75, 3.05) is 49.6 Å². The van der Waals surface area contributed by atoms with Crippen LogP contribution in [0.25, 0.3) is 5.69 Å². The minimum atomic E-state index is -0.274. The Morgan fingerprint density at radius 1 is 1.17 bits per heavy atom. The molecule has 0 radical (unpaired) electrons. The van der Waals surface area contributed by atoms with Crippen LogP contribution in [0.3, 0.4) is 0 Å². The fraction of sp³-hybridized carbons (Fsp3) is 0.500. The first-order valence-electron chi connectivity index (χ1n) is 8.17. The molecule has 2 saturated heterocycles. The van der Waals surface area contributed by atoms with E-state index in [4.69, 9.17) is 11.5 Å². The molecule has 1 aromatic heterocycles. The van der Waals surface area contributed by atoms with Crippen LogP contribution in [0.5, 0.6) is 0 Å². The van der Waals surface area contributed by atoms with E-state index in [0.29, 0.717) is 16.8 Å². The van der Waals surface area contributed by atoms with Gasteiger partial charge in [0.05, 0.1) is 11.4 Å². The first-order valence-corrected chi connectivity index (χ1v) is 8.17. The Morgan fingerprint density at radius 2 is 1.96 bits per heavy atom. The van der Waals surface area contributed by atoms with Gasteiger partial charge >= 0.3 is 0 Å². The van der Waals surface area contributed by atoms with Gasteiger partial charge in [-0.1, -0.05) is 0 Å². The molecule has 2 fully saturated rings. The number of benzene rings is 1. The number of likely N-dealkylation sites (tertiary alicyclic amines) is 1. The average Bonchev–Trinajstić information content (AvgIpc) is 3.20. The highest BCUT2D eigenvalue weighted by atomic mass is 19.1. The summed E-state index contributed by atoms with van der Waals surface area (Å²) in [6.45, 7) is 4.02. The van der Waals surface area contributed by atoms with Crippen LogP contribution in [-0.4, -0.2) is 52.9 Å². The van der Waals surface area contributed by atoms with E-state index in [1.54, 1.807) is 12.1 Å². The molecule has 1 spiro atoms. The zero-order valence-electron chi connectivity index (χ0n) is 13.7. The molecule has 2 aromatic rings. The topological polar surface area (TPSA) is 89.2 Å². The lowest BCUT2D eigenvalue weighted by Crippen LogP contribution is -2.30. The fourth-order valence-electron chi connectivity index (χ4n) is 4.05. The lowest BCUT2D eigenvalue weighted by Gasteiger charge is -2.25. The normalized spacial score (nSPS) is 24.3. The summed E-state index contributed by atoms with van der Waals surface area (Å²) in [6.07, 6.45) is 2.31. The van der Waals surface area contributed by atoms with Gasteiger partial charge in [0.2, 0.25) is 11.9 Å². The molecule has 2 aliphatic heterocycles. The summed E-state index contributed by atoms with van der Waals surface area (Å²) in [6, 6.07) is 5.03. The molecule has 1 atom stereocenters. The molecule has 2 aliphatic rings. The van der Waals surface area contributed by atoms with Crippen molar-refractivity contribution in [3.8, 4) is 5.69 Å². The van der Waals surface area contributed by atoms with E-state index >= 15 is 0 Å². The van der Waals surface area contributed by atoms with E-state index in [1.165, 1.54) is 17.2 Å². The van der Waals surface area contributed by atoms with Crippen LogP contribution in [0.1, 0.15) is 12.8 Å². The lowest BCUT2D eigenvalue weighted by molar-refractivity contribution is 0.312. The molecule has 0 amide bonds. The van der Waals surface area contributed by atoms with Crippen LogP contribution in [0.15, 0.2) is 18.2 Å². The van der Waals surface area contributed by atoms with E-state index in [-0.39, 0.29) is 17.7 Å². The van der Waals surface area contributed by atoms with Crippen LogP contribution in [-0.2, 0) is 0 Å². The number of rotatable bonds is 2. The second-order valence-corrected chi connectivity index (χ2v) is 7.04. The van der Waals surface area contributed by atoms with E-state index in [9.17, 15) is 4.39 Å². The summed E-state index contributed by atoms with van der Waals surface area (Å²) in [4.78, 5) is 8.35. The molecule has 24 heavy (non-hydrogen) atoms. The Morgan fingerprint density at radius 3 is 2.58 bits per heavy atom. The highest BCUT2D eigenvalue weighted by Crippen LogP contribution is 2.41. The number of nitrogen functional groups attached to an aromatic ring is 2. The molecule has 7 nitrogen and oxygen atoms in total. The quantitative estimate of drug-likeness (QED) is 0.857. The molecule has 0 aliphatic carbocycles. The number of nitrogens with two attached hydrogens (primary N) is 2. The van der Waals surface area contributed by atoms with Crippen LogP contribution in [0, 0.1) is 11.2 Å². The predicted molar refractivity (Wildman–Crippen MR) is 91.5 cm³/mol. The average molecular weight is 331 g/mol. The molecular weight excluding hydrogens is 309 g/mol. The molecule has 128 valence electrons. The fourth-order valence-corrected chi connectivity index (χ4v) is 4.05. The lowest BCUT2D eigenvalue weighted by atomic mass is 9.86. The zero-order valence-corrected chi connectivity index (χ0v) is 13.7. The van der Waals surface area contributed by atoms with Crippen LogP contribution >= 0.6 is 0 Å². The van der Waals surface area contributed by atoms with Crippen molar-refractivity contribution in [3.05, 3.63) is 24.0 Å². The minimum Gasteiger partial charge on any atom is -0.369 e. The summed E-state index contributed by atoms with van der Waals surface area (Å²) < 4.78 is 16.0. The molecule has 3 heterocycles. The predicted octanol–water partition coefficient (Wildman–Crippen LogP) is 1.10. The Bertz CT molecular complexity index is 774. The number of hydrogen-bond acceptors (Lipinski definition) is 6. The van der Waals surface area contributed by atoms with Gasteiger partial charge in [-0.15, -0.1) is 5.10 Å². The van der Waals surface area contributed by atoms with Crippen molar-refractivity contribution < 1.29 is 4.39 Å². The number of hydrogen-bond donors (Lipinski definition) is 2. The smallest absolute Gasteiger partial charge is 0.241 e. The van der Waals surface area contributed by atoms with Gasteiger partial charge in [0, 0.05) is 31.1 Å².